The third-order valence-corrected chi connectivity index (χ3v) is 27.1. The number of anilines is 7. The highest BCUT2D eigenvalue weighted by Gasteiger charge is 2.44. The summed E-state index contributed by atoms with van der Waals surface area (Å²) in [5.41, 5.74) is 33.9. The third-order valence-electron chi connectivity index (χ3n) is 27.1. The fourth-order valence-electron chi connectivity index (χ4n) is 19.9. The summed E-state index contributed by atoms with van der Waals surface area (Å²) in [6.45, 7) is 36.4. The summed E-state index contributed by atoms with van der Waals surface area (Å²) in [5.74, 6) is 0. The van der Waals surface area contributed by atoms with Crippen molar-refractivity contribution in [2.24, 2.45) is 0 Å². The Morgan fingerprint density at radius 3 is 1.24 bits per heavy atom. The van der Waals surface area contributed by atoms with Crippen molar-refractivity contribution in [2.45, 2.75) is 170 Å². The van der Waals surface area contributed by atoms with Gasteiger partial charge >= 0.3 is 0 Å². The van der Waals surface area contributed by atoms with E-state index in [1.165, 1.54) is 82.7 Å². The molecule has 0 radical (unpaired) electrons. The summed E-state index contributed by atoms with van der Waals surface area (Å²) in [6, 6.07) is 108. The van der Waals surface area contributed by atoms with Crippen LogP contribution in [0.2, 0.25) is 0 Å². The Kier molecular flexibility index (Phi) is 18.8. The van der Waals surface area contributed by atoms with Crippen molar-refractivity contribution in [1.82, 2.24) is 9.13 Å². The molecule has 0 fully saturated rings. The summed E-state index contributed by atoms with van der Waals surface area (Å²) >= 11 is 0. The van der Waals surface area contributed by atoms with Gasteiger partial charge < -0.3 is 23.8 Å². The van der Waals surface area contributed by atoms with E-state index in [-0.39, 0.29) is 70.2 Å². The molecule has 0 saturated heterocycles. The molecule has 20 rings (SSSR count). The minimum Gasteiger partial charge on any atom is -0.342 e. The van der Waals surface area contributed by atoms with Gasteiger partial charge in [0.15, 0.2) is 0 Å². The zero-order chi connectivity index (χ0) is 96.8. The van der Waals surface area contributed by atoms with Crippen LogP contribution in [0.1, 0.15) is 166 Å². The molecule has 129 heavy (non-hydrogen) atoms. The Morgan fingerprint density at radius 1 is 0.271 bits per heavy atom. The largest absolute Gasteiger partial charge is 0.342 e. The fraction of sp³-hybridized carbons (Fsp3) is 0.220. The number of hydrogen-bond donors (Lipinski definition) is 0. The molecular weight excluding hydrogens is 1560 g/mol. The standard InChI is InChI=1S/C123H118BN5/c1-119(2,3)93-52-57-111-104(76-93)105-77-94(120(4,5)6)53-58-112(105)126(111)63-60-82-50-55-108-114(68-82)128(81-107-102(87-40-26-18-27-41-87)78-97(123(13,14)15)79-103(107)88-42-28-19-29-43-88)117-70-84(62-64-125-110-49-35-34-48-101(110)106-80-100(54-59-113(106)125)129(98-44-30-20-31-45-98)99-46-32-21-33-47-99)69-116-118(117)124(108)109-56-51-89(92-72-95(121(7,8)9)75-96(73-92)122(10,11)12)74-115(109)127(116)65-61-83-66-90(85-36-22-16-23-37-85)71-91(67-83)86-38-24-17-25-39-86/h16-59,66-80H,60-65,81H2,1-15H3/i20D,30D,31D,34D,35D,44D,45D,48D,49D. The van der Waals surface area contributed by atoms with E-state index in [9.17, 15) is 8.22 Å². The van der Waals surface area contributed by atoms with E-state index in [0.29, 0.717) is 59.1 Å². The molecular formula is C123H118BN5. The quantitative estimate of drug-likeness (QED) is 0.0752. The Bertz CT molecular complexity index is 7620. The molecule has 2 aliphatic heterocycles. The summed E-state index contributed by atoms with van der Waals surface area (Å²) in [7, 11) is 0. The highest BCUT2D eigenvalue weighted by Crippen LogP contribution is 2.48. The smallest absolute Gasteiger partial charge is 0.252 e. The molecule has 18 aromatic rings. The molecule has 6 heteroatoms. The van der Waals surface area contributed by atoms with Gasteiger partial charge in [-0.1, -0.05) is 358 Å². The normalized spacial score (nSPS) is 13.9. The number of hydrogen-bond acceptors (Lipinski definition) is 3. The van der Waals surface area contributed by atoms with Crippen molar-refractivity contribution in [3.05, 3.63) is 408 Å². The van der Waals surface area contributed by atoms with Gasteiger partial charge in [0.25, 0.3) is 6.71 Å². The number of benzene rings is 16. The maximum absolute atomic E-state index is 10.1. The van der Waals surface area contributed by atoms with Crippen molar-refractivity contribution in [3.63, 3.8) is 0 Å². The lowest BCUT2D eigenvalue weighted by molar-refractivity contribution is 0.569. The van der Waals surface area contributed by atoms with Crippen LogP contribution >= 0.6 is 0 Å². The first-order valence-corrected chi connectivity index (χ1v) is 46.0. The second kappa shape index (κ2) is 33.0. The SMILES string of the molecule is [2H]c1c([2H])c([2H])c(N(c2ccccc2)c2ccc3c(c2)c2c([2H])c([2H])c([2H])c([2H])c2n3CCc2cc3c4c(c2)N(Cc2c(-c5ccccc5)cc(C(C)(C)C)cc2-c2ccccc2)c2cc(CCn5c6ccc(C(C)(C)C)cc6c6cc(C(C)(C)C)ccc65)ccc2B4c2ccc(-c4cc(C(C)(C)C)cc(C(C)(C)C)c4)cc2N3CCc2cc(-c3ccccc3)cc(-c3ccccc3)c2)c([2H])c1[2H]. The van der Waals surface area contributed by atoms with Crippen molar-refractivity contribution in [1.29, 1.82) is 0 Å². The van der Waals surface area contributed by atoms with Crippen LogP contribution in [0.5, 0.6) is 0 Å². The van der Waals surface area contributed by atoms with Crippen molar-refractivity contribution in [2.75, 3.05) is 21.2 Å². The molecule has 0 atom stereocenters. The first-order chi connectivity index (χ1) is 65.8. The lowest BCUT2D eigenvalue weighted by Gasteiger charge is -2.45. The minimum absolute atomic E-state index is 0.0583. The Morgan fingerprint density at radius 2 is 0.698 bits per heavy atom. The number of rotatable bonds is 19. The van der Waals surface area contributed by atoms with Crippen LogP contribution < -0.4 is 31.1 Å². The van der Waals surface area contributed by atoms with Gasteiger partial charge in [-0.3, -0.25) is 0 Å². The van der Waals surface area contributed by atoms with Gasteiger partial charge in [-0.05, 0) is 271 Å². The molecule has 0 bridgehead atoms. The topological polar surface area (TPSA) is 19.6 Å². The van der Waals surface area contributed by atoms with Gasteiger partial charge in [-0.2, -0.15) is 0 Å². The maximum Gasteiger partial charge on any atom is 0.252 e. The molecule has 2 aliphatic rings. The number of aryl methyl sites for hydroxylation is 4. The average Bonchev–Trinajstić information content (AvgIpc) is 0.922. The zero-order valence-electron chi connectivity index (χ0n) is 86.1. The van der Waals surface area contributed by atoms with E-state index in [2.05, 4.69) is 378 Å². The monoisotopic (exact) mass is 1690 g/mol. The fourth-order valence-corrected chi connectivity index (χ4v) is 19.9. The molecule has 0 aliphatic carbocycles. The van der Waals surface area contributed by atoms with Crippen LogP contribution in [-0.4, -0.2) is 22.4 Å². The predicted octanol–water partition coefficient (Wildman–Crippen LogP) is 30.5. The van der Waals surface area contributed by atoms with Crippen LogP contribution in [0.25, 0.3) is 99.2 Å². The molecule has 16 aromatic carbocycles. The molecule has 5 nitrogen and oxygen atoms in total. The lowest BCUT2D eigenvalue weighted by atomic mass is 9.33. The summed E-state index contributed by atoms with van der Waals surface area (Å²) in [5, 5.41) is 3.36. The number of aromatic nitrogens is 2. The van der Waals surface area contributed by atoms with Crippen LogP contribution in [0.15, 0.2) is 358 Å². The van der Waals surface area contributed by atoms with Crippen molar-refractivity contribution < 1.29 is 12.3 Å². The predicted molar refractivity (Wildman–Crippen MR) is 555 cm³/mol. The maximum atomic E-state index is 10.1. The van der Waals surface area contributed by atoms with Crippen molar-refractivity contribution >= 4 is 107 Å². The Labute approximate surface area is 777 Å². The summed E-state index contributed by atoms with van der Waals surface area (Å²) < 4.78 is 89.1. The van der Waals surface area contributed by atoms with Crippen LogP contribution in [0.4, 0.5) is 39.8 Å². The van der Waals surface area contributed by atoms with E-state index in [1.54, 1.807) is 4.90 Å². The highest BCUT2D eigenvalue weighted by atomic mass is 15.2. The molecule has 0 N–H and O–H groups in total. The first-order valence-electron chi connectivity index (χ1n) is 50.5. The lowest BCUT2D eigenvalue weighted by Crippen LogP contribution is -2.62. The van der Waals surface area contributed by atoms with E-state index in [4.69, 9.17) is 4.11 Å². The van der Waals surface area contributed by atoms with Gasteiger partial charge in [0.1, 0.15) is 0 Å². The molecule has 2 aromatic heterocycles. The highest BCUT2D eigenvalue weighted by molar-refractivity contribution is 7.00. The van der Waals surface area contributed by atoms with Gasteiger partial charge in [0, 0.05) is 110 Å². The molecule has 0 amide bonds. The number of para-hydroxylation sites is 3. The first kappa shape index (κ1) is 73.6. The van der Waals surface area contributed by atoms with Gasteiger partial charge in [0.05, 0.1) is 12.3 Å². The molecule has 638 valence electrons. The van der Waals surface area contributed by atoms with E-state index < -0.39 is 30.2 Å². The molecule has 4 heterocycles. The average molecular weight is 1690 g/mol. The number of fused-ring (bicyclic) bond motifs is 10. The second-order valence-electron chi connectivity index (χ2n) is 41.0. The van der Waals surface area contributed by atoms with E-state index >= 15 is 0 Å². The Hall–Kier alpha value is -13.4. The Balaban J connectivity index is 0.853. The van der Waals surface area contributed by atoms with Gasteiger partial charge in [-0.25, -0.2) is 0 Å². The number of nitrogens with zero attached hydrogens (tertiary/aromatic N) is 5. The van der Waals surface area contributed by atoms with Gasteiger partial charge in [-0.15, -0.1) is 0 Å². The van der Waals surface area contributed by atoms with Crippen LogP contribution in [0, 0.1) is 0 Å². The third kappa shape index (κ3) is 16.2. The second-order valence-corrected chi connectivity index (χ2v) is 41.0. The molecule has 0 saturated carbocycles. The van der Waals surface area contributed by atoms with Gasteiger partial charge in [0.2, 0.25) is 0 Å². The summed E-state index contributed by atoms with van der Waals surface area (Å²) in [6.07, 6.45) is 1.77. The van der Waals surface area contributed by atoms with E-state index in [1.807, 2.05) is 48.5 Å². The van der Waals surface area contributed by atoms with Crippen LogP contribution in [-0.2, 0) is 66.0 Å². The van der Waals surface area contributed by atoms with E-state index in [0.717, 1.165) is 96.9 Å². The molecule has 0 unspecified atom stereocenters. The molecule has 0 spiro atoms. The minimum atomic E-state index is -0.514. The summed E-state index contributed by atoms with van der Waals surface area (Å²) in [4.78, 5) is 6.99. The zero-order valence-corrected chi connectivity index (χ0v) is 77.1. The van der Waals surface area contributed by atoms with Crippen LogP contribution in [0.3, 0.4) is 0 Å². The van der Waals surface area contributed by atoms with Crippen molar-refractivity contribution in [3.8, 4) is 55.6 Å².